The van der Waals surface area contributed by atoms with Crippen molar-refractivity contribution in [3.63, 3.8) is 0 Å². The van der Waals surface area contributed by atoms with E-state index in [-0.39, 0.29) is 22.8 Å². The molecule has 1 rings (SSSR count). The third-order valence-corrected chi connectivity index (χ3v) is 2.20. The van der Waals surface area contributed by atoms with Gasteiger partial charge >= 0.3 is 5.97 Å². The third kappa shape index (κ3) is 2.57. The standard InChI is InChI=1S/C11H11ClO3/c1-3-15-11(14)8-4-7(2)5-10(12)9(8)6-13/h4-6H,3H2,1-2H3. The van der Waals surface area contributed by atoms with Gasteiger partial charge in [-0.3, -0.25) is 4.79 Å². The van der Waals surface area contributed by atoms with Crippen LogP contribution in [0.4, 0.5) is 0 Å². The Balaban J connectivity index is 3.26. The minimum atomic E-state index is -0.523. The van der Waals surface area contributed by atoms with Crippen LogP contribution in [-0.2, 0) is 4.74 Å². The zero-order valence-corrected chi connectivity index (χ0v) is 9.30. The van der Waals surface area contributed by atoms with Crippen molar-refractivity contribution in [2.45, 2.75) is 13.8 Å². The molecule has 0 heterocycles. The molecule has 0 N–H and O–H groups in total. The van der Waals surface area contributed by atoms with Crippen LogP contribution in [0.15, 0.2) is 12.1 Å². The maximum absolute atomic E-state index is 11.5. The van der Waals surface area contributed by atoms with Crippen LogP contribution in [0, 0.1) is 6.92 Å². The van der Waals surface area contributed by atoms with E-state index in [4.69, 9.17) is 16.3 Å². The lowest BCUT2D eigenvalue weighted by molar-refractivity contribution is 0.0524. The van der Waals surface area contributed by atoms with E-state index in [0.717, 1.165) is 5.56 Å². The number of aldehydes is 1. The minimum absolute atomic E-state index is 0.181. The monoisotopic (exact) mass is 226 g/mol. The second-order valence-corrected chi connectivity index (χ2v) is 3.45. The van der Waals surface area contributed by atoms with E-state index in [0.29, 0.717) is 6.29 Å². The summed E-state index contributed by atoms with van der Waals surface area (Å²) in [4.78, 5) is 22.3. The maximum atomic E-state index is 11.5. The molecule has 0 aliphatic carbocycles. The lowest BCUT2D eigenvalue weighted by Gasteiger charge is -2.07. The van der Waals surface area contributed by atoms with E-state index in [9.17, 15) is 9.59 Å². The molecule has 0 radical (unpaired) electrons. The van der Waals surface area contributed by atoms with Crippen LogP contribution in [0.25, 0.3) is 0 Å². The average molecular weight is 227 g/mol. The lowest BCUT2D eigenvalue weighted by Crippen LogP contribution is -2.08. The van der Waals surface area contributed by atoms with Crippen LogP contribution in [-0.4, -0.2) is 18.9 Å². The number of carbonyl (C=O) groups is 2. The van der Waals surface area contributed by atoms with Crippen LogP contribution in [0.1, 0.15) is 33.2 Å². The van der Waals surface area contributed by atoms with Crippen molar-refractivity contribution in [2.24, 2.45) is 0 Å². The van der Waals surface area contributed by atoms with Crippen molar-refractivity contribution < 1.29 is 14.3 Å². The molecule has 0 saturated carbocycles. The maximum Gasteiger partial charge on any atom is 0.338 e. The number of benzene rings is 1. The SMILES string of the molecule is CCOC(=O)c1cc(C)cc(Cl)c1C=O. The molecule has 0 bridgehead atoms. The average Bonchev–Trinajstić information content (AvgIpc) is 2.17. The summed E-state index contributed by atoms with van der Waals surface area (Å²) in [7, 11) is 0. The highest BCUT2D eigenvalue weighted by molar-refractivity contribution is 6.33. The number of halogens is 1. The number of carbonyl (C=O) groups excluding carboxylic acids is 2. The second kappa shape index (κ2) is 4.94. The molecule has 0 fully saturated rings. The second-order valence-electron chi connectivity index (χ2n) is 3.05. The molecular weight excluding hydrogens is 216 g/mol. The van der Waals surface area contributed by atoms with Crippen molar-refractivity contribution >= 4 is 23.9 Å². The van der Waals surface area contributed by atoms with Crippen molar-refractivity contribution in [2.75, 3.05) is 6.61 Å². The number of hydrogen-bond donors (Lipinski definition) is 0. The molecule has 0 aromatic heterocycles. The van der Waals surface area contributed by atoms with Crippen molar-refractivity contribution in [1.29, 1.82) is 0 Å². The van der Waals surface area contributed by atoms with Gasteiger partial charge in [-0.2, -0.15) is 0 Å². The predicted octanol–water partition coefficient (Wildman–Crippen LogP) is 2.64. The molecule has 0 spiro atoms. The lowest BCUT2D eigenvalue weighted by atomic mass is 10.1. The van der Waals surface area contributed by atoms with E-state index < -0.39 is 5.97 Å². The highest BCUT2D eigenvalue weighted by Gasteiger charge is 2.15. The Hall–Kier alpha value is -1.35. The third-order valence-electron chi connectivity index (χ3n) is 1.89. The largest absolute Gasteiger partial charge is 0.462 e. The fraction of sp³-hybridized carbons (Fsp3) is 0.273. The minimum Gasteiger partial charge on any atom is -0.462 e. The summed E-state index contributed by atoms with van der Waals surface area (Å²) in [6.07, 6.45) is 0.564. The van der Waals surface area contributed by atoms with Crippen LogP contribution in [0.2, 0.25) is 5.02 Å². The molecule has 0 atom stereocenters. The summed E-state index contributed by atoms with van der Waals surface area (Å²) < 4.78 is 4.82. The van der Waals surface area contributed by atoms with Crippen LogP contribution in [0.3, 0.4) is 0 Å². The Kier molecular flexibility index (Phi) is 3.86. The summed E-state index contributed by atoms with van der Waals surface area (Å²) in [5, 5.41) is 0.271. The smallest absolute Gasteiger partial charge is 0.338 e. The Bertz CT molecular complexity index is 399. The van der Waals surface area contributed by atoms with Gasteiger partial charge in [-0.15, -0.1) is 0 Å². The molecule has 1 aromatic carbocycles. The molecule has 0 unspecified atom stereocenters. The molecule has 15 heavy (non-hydrogen) atoms. The fourth-order valence-corrected chi connectivity index (χ4v) is 1.57. The fourth-order valence-electron chi connectivity index (χ4n) is 1.25. The molecule has 4 heteroatoms. The molecule has 3 nitrogen and oxygen atoms in total. The van der Waals surface area contributed by atoms with Gasteiger partial charge in [-0.1, -0.05) is 11.6 Å². The van der Waals surface area contributed by atoms with Gasteiger partial charge in [0.05, 0.1) is 17.2 Å². The molecule has 0 saturated heterocycles. The first kappa shape index (κ1) is 11.7. The zero-order chi connectivity index (χ0) is 11.4. The van der Waals surface area contributed by atoms with Gasteiger partial charge < -0.3 is 4.74 Å². The first-order valence-corrected chi connectivity index (χ1v) is 4.90. The Morgan fingerprint density at radius 1 is 1.53 bits per heavy atom. The van der Waals surface area contributed by atoms with Gasteiger partial charge in [0, 0.05) is 5.56 Å². The highest BCUT2D eigenvalue weighted by atomic mass is 35.5. The Morgan fingerprint density at radius 3 is 2.73 bits per heavy atom. The van der Waals surface area contributed by atoms with Gasteiger partial charge in [0.2, 0.25) is 0 Å². The summed E-state index contributed by atoms with van der Waals surface area (Å²) in [5.41, 5.74) is 1.21. The summed E-state index contributed by atoms with van der Waals surface area (Å²) in [5.74, 6) is -0.523. The van der Waals surface area contributed by atoms with Gasteiger partial charge in [-0.25, -0.2) is 4.79 Å². The molecule has 80 valence electrons. The quantitative estimate of drug-likeness (QED) is 0.588. The normalized spacial score (nSPS) is 9.80. The van der Waals surface area contributed by atoms with E-state index in [1.54, 1.807) is 26.0 Å². The first-order valence-electron chi connectivity index (χ1n) is 4.52. The van der Waals surface area contributed by atoms with Crippen LogP contribution >= 0.6 is 11.6 Å². The summed E-state index contributed by atoms with van der Waals surface area (Å²) in [6, 6.07) is 3.22. The molecule has 0 aliphatic heterocycles. The topological polar surface area (TPSA) is 43.4 Å². The van der Waals surface area contributed by atoms with E-state index in [1.807, 2.05) is 0 Å². The van der Waals surface area contributed by atoms with E-state index in [2.05, 4.69) is 0 Å². The van der Waals surface area contributed by atoms with Gasteiger partial charge in [0.15, 0.2) is 6.29 Å². The summed E-state index contributed by atoms with van der Waals surface area (Å²) in [6.45, 7) is 3.77. The van der Waals surface area contributed by atoms with Gasteiger partial charge in [0.1, 0.15) is 0 Å². The first-order chi connectivity index (χ1) is 7.10. The molecular formula is C11H11ClO3. The van der Waals surface area contributed by atoms with Crippen molar-refractivity contribution in [3.8, 4) is 0 Å². The number of rotatable bonds is 3. The van der Waals surface area contributed by atoms with Crippen molar-refractivity contribution in [3.05, 3.63) is 33.8 Å². The molecule has 1 aromatic rings. The summed E-state index contributed by atoms with van der Waals surface area (Å²) >= 11 is 5.84. The van der Waals surface area contributed by atoms with Gasteiger partial charge in [0.25, 0.3) is 0 Å². The van der Waals surface area contributed by atoms with Gasteiger partial charge in [-0.05, 0) is 31.5 Å². The van der Waals surface area contributed by atoms with Crippen LogP contribution < -0.4 is 0 Å². The molecule has 0 amide bonds. The Labute approximate surface area is 93.0 Å². The predicted molar refractivity (Wildman–Crippen MR) is 57.5 cm³/mol. The zero-order valence-electron chi connectivity index (χ0n) is 8.54. The Morgan fingerprint density at radius 2 is 2.20 bits per heavy atom. The van der Waals surface area contributed by atoms with Crippen molar-refractivity contribution in [1.82, 2.24) is 0 Å². The number of esters is 1. The number of aryl methyl sites for hydroxylation is 1. The number of hydrogen-bond acceptors (Lipinski definition) is 3. The van der Waals surface area contributed by atoms with E-state index >= 15 is 0 Å². The van der Waals surface area contributed by atoms with E-state index in [1.165, 1.54) is 0 Å². The number of ether oxygens (including phenoxy) is 1. The molecule has 0 aliphatic rings. The highest BCUT2D eigenvalue weighted by Crippen LogP contribution is 2.21. The van der Waals surface area contributed by atoms with Crippen LogP contribution in [0.5, 0.6) is 0 Å².